The number of esters is 1. The number of anilines is 1. The average Bonchev–Trinajstić information content (AvgIpc) is 2.99. The van der Waals surface area contributed by atoms with Gasteiger partial charge in [0.25, 0.3) is 0 Å². The lowest BCUT2D eigenvalue weighted by atomic mass is 9.97. The van der Waals surface area contributed by atoms with Crippen molar-refractivity contribution in [2.45, 2.75) is 55.5 Å². The molecule has 22 heavy (non-hydrogen) atoms. The first-order valence-electron chi connectivity index (χ1n) is 7.56. The third-order valence-electron chi connectivity index (χ3n) is 4.20. The lowest BCUT2D eigenvalue weighted by molar-refractivity contribution is -0.140. The fraction of sp³-hybridized carbons (Fsp3) is 0.533. The van der Waals surface area contributed by atoms with Crippen molar-refractivity contribution in [2.24, 2.45) is 0 Å². The van der Waals surface area contributed by atoms with E-state index < -0.39 is 0 Å². The van der Waals surface area contributed by atoms with Gasteiger partial charge in [-0.3, -0.25) is 4.79 Å². The van der Waals surface area contributed by atoms with E-state index in [1.165, 1.54) is 35.0 Å². The van der Waals surface area contributed by atoms with Gasteiger partial charge < -0.3 is 10.5 Å². The topological polar surface area (TPSA) is 78.1 Å². The molecule has 7 heteroatoms. The maximum atomic E-state index is 11.8. The Bertz CT molecular complexity index is 759. The normalized spacial score (nSPS) is 24.5. The number of nitrogen functional groups attached to an aromatic ring is 1. The fourth-order valence-corrected chi connectivity index (χ4v) is 5.56. The summed E-state index contributed by atoms with van der Waals surface area (Å²) in [5.74, 6) is 0.372. The molecule has 0 spiro atoms. The Morgan fingerprint density at radius 2 is 2.14 bits per heavy atom. The predicted molar refractivity (Wildman–Crippen MR) is 88.3 cm³/mol. The van der Waals surface area contributed by atoms with Gasteiger partial charge in [-0.05, 0) is 38.2 Å². The van der Waals surface area contributed by atoms with Crippen LogP contribution >= 0.6 is 23.1 Å². The molecule has 4 rings (SSSR count). The van der Waals surface area contributed by atoms with Gasteiger partial charge in [0, 0.05) is 11.3 Å². The lowest BCUT2D eigenvalue weighted by Crippen LogP contribution is -2.10. The number of fused-ring (bicyclic) bond motifs is 3. The minimum atomic E-state index is -0.221. The standard InChI is InChI=1S/C15H17N3O2S2/c1-7-6-10(14(19)20-7)22-15-17-12(16)11-8-4-2-3-5-9(8)21-13(11)18-15/h7,10H,2-6H2,1H3,(H2,16,17,18)/t7-,10-/m1/s1. The van der Waals surface area contributed by atoms with Crippen molar-refractivity contribution in [3.63, 3.8) is 0 Å². The number of ether oxygens (including phenoxy) is 1. The Balaban J connectivity index is 1.70. The summed E-state index contributed by atoms with van der Waals surface area (Å²) in [6.07, 6.45) is 5.31. The molecule has 1 fully saturated rings. The van der Waals surface area contributed by atoms with E-state index in [-0.39, 0.29) is 17.3 Å². The van der Waals surface area contributed by atoms with Crippen LogP contribution in [-0.2, 0) is 22.4 Å². The highest BCUT2D eigenvalue weighted by Gasteiger charge is 2.33. The molecule has 0 radical (unpaired) electrons. The zero-order chi connectivity index (χ0) is 15.3. The zero-order valence-corrected chi connectivity index (χ0v) is 13.9. The van der Waals surface area contributed by atoms with E-state index in [4.69, 9.17) is 10.5 Å². The second kappa shape index (κ2) is 5.38. The molecule has 1 aliphatic heterocycles. The van der Waals surface area contributed by atoms with Crippen LogP contribution in [0.25, 0.3) is 10.2 Å². The van der Waals surface area contributed by atoms with Crippen molar-refractivity contribution in [2.75, 3.05) is 5.73 Å². The number of nitrogens with two attached hydrogens (primary N) is 1. The van der Waals surface area contributed by atoms with Crippen LogP contribution in [0.2, 0.25) is 0 Å². The Morgan fingerprint density at radius 1 is 1.32 bits per heavy atom. The van der Waals surface area contributed by atoms with E-state index in [1.54, 1.807) is 11.3 Å². The Hall–Kier alpha value is -1.34. The van der Waals surface area contributed by atoms with Crippen LogP contribution in [0.3, 0.4) is 0 Å². The molecule has 0 unspecified atom stereocenters. The monoisotopic (exact) mass is 335 g/mol. The molecule has 116 valence electrons. The van der Waals surface area contributed by atoms with Gasteiger partial charge in [-0.1, -0.05) is 11.8 Å². The Kier molecular flexibility index (Phi) is 3.49. The van der Waals surface area contributed by atoms with Crippen molar-refractivity contribution >= 4 is 45.1 Å². The highest BCUT2D eigenvalue weighted by atomic mass is 32.2. The summed E-state index contributed by atoms with van der Waals surface area (Å²) in [4.78, 5) is 23.2. The van der Waals surface area contributed by atoms with Crippen LogP contribution in [0.4, 0.5) is 5.82 Å². The molecular formula is C15H17N3O2S2. The van der Waals surface area contributed by atoms with Gasteiger partial charge in [0.05, 0.1) is 5.39 Å². The Morgan fingerprint density at radius 3 is 2.91 bits per heavy atom. The first-order valence-corrected chi connectivity index (χ1v) is 9.26. The number of aryl methyl sites for hydroxylation is 2. The minimum absolute atomic E-state index is 0.0277. The molecule has 3 heterocycles. The van der Waals surface area contributed by atoms with E-state index in [9.17, 15) is 4.79 Å². The van der Waals surface area contributed by atoms with E-state index in [0.717, 1.165) is 23.1 Å². The van der Waals surface area contributed by atoms with Gasteiger partial charge in [0.1, 0.15) is 22.0 Å². The summed E-state index contributed by atoms with van der Waals surface area (Å²) in [5.41, 5.74) is 7.53. The molecule has 2 atom stereocenters. The second-order valence-corrected chi connectivity index (χ2v) is 8.13. The summed E-state index contributed by atoms with van der Waals surface area (Å²) in [5, 5.41) is 1.40. The number of thioether (sulfide) groups is 1. The molecule has 2 aliphatic rings. The summed E-state index contributed by atoms with van der Waals surface area (Å²) < 4.78 is 5.19. The van der Waals surface area contributed by atoms with Crippen LogP contribution in [0.5, 0.6) is 0 Å². The maximum absolute atomic E-state index is 11.8. The third-order valence-corrected chi connectivity index (χ3v) is 6.44. The third kappa shape index (κ3) is 2.36. The number of cyclic esters (lactones) is 1. The Labute approximate surface area is 136 Å². The molecule has 1 saturated heterocycles. The molecule has 5 nitrogen and oxygen atoms in total. The van der Waals surface area contributed by atoms with E-state index in [2.05, 4.69) is 9.97 Å². The summed E-state index contributed by atoms with van der Waals surface area (Å²) >= 11 is 3.09. The number of carbonyl (C=O) groups is 1. The molecule has 2 N–H and O–H groups in total. The van der Waals surface area contributed by atoms with E-state index >= 15 is 0 Å². The fourth-order valence-electron chi connectivity index (χ4n) is 3.16. The van der Waals surface area contributed by atoms with Crippen molar-refractivity contribution < 1.29 is 9.53 Å². The van der Waals surface area contributed by atoms with Gasteiger partial charge in [-0.25, -0.2) is 9.97 Å². The van der Waals surface area contributed by atoms with Crippen molar-refractivity contribution in [3.8, 4) is 0 Å². The van der Waals surface area contributed by atoms with Crippen molar-refractivity contribution in [1.82, 2.24) is 9.97 Å². The summed E-state index contributed by atoms with van der Waals surface area (Å²) in [6.45, 7) is 1.91. The molecule has 0 saturated carbocycles. The largest absolute Gasteiger partial charge is 0.462 e. The molecule has 2 aromatic heterocycles. The molecule has 2 aromatic rings. The van der Waals surface area contributed by atoms with Gasteiger partial charge in [-0.2, -0.15) is 0 Å². The van der Waals surface area contributed by atoms with E-state index in [1.807, 2.05) is 6.92 Å². The predicted octanol–water partition coefficient (Wildman–Crippen LogP) is 2.95. The van der Waals surface area contributed by atoms with Crippen LogP contribution in [0.15, 0.2) is 5.16 Å². The van der Waals surface area contributed by atoms with Gasteiger partial charge in [-0.15, -0.1) is 11.3 Å². The second-order valence-electron chi connectivity index (χ2n) is 5.87. The van der Waals surface area contributed by atoms with E-state index in [0.29, 0.717) is 17.4 Å². The molecule has 0 bridgehead atoms. The molecule has 0 aromatic carbocycles. The van der Waals surface area contributed by atoms with Crippen molar-refractivity contribution in [3.05, 3.63) is 10.4 Å². The van der Waals surface area contributed by atoms with Gasteiger partial charge >= 0.3 is 5.97 Å². The van der Waals surface area contributed by atoms with Crippen LogP contribution < -0.4 is 5.73 Å². The van der Waals surface area contributed by atoms with Crippen LogP contribution in [0.1, 0.15) is 36.6 Å². The smallest absolute Gasteiger partial charge is 0.319 e. The number of carbonyl (C=O) groups excluding carboxylic acids is 1. The number of rotatable bonds is 2. The average molecular weight is 335 g/mol. The minimum Gasteiger partial charge on any atom is -0.462 e. The highest BCUT2D eigenvalue weighted by molar-refractivity contribution is 8.00. The zero-order valence-electron chi connectivity index (χ0n) is 12.3. The molecule has 0 amide bonds. The molecular weight excluding hydrogens is 318 g/mol. The number of aromatic nitrogens is 2. The SMILES string of the molecule is C[C@@H]1C[C@@H](Sc2nc(N)c3c4c(sc3n2)CCCC4)C(=O)O1. The van der Waals surface area contributed by atoms with Crippen LogP contribution in [-0.4, -0.2) is 27.3 Å². The first-order chi connectivity index (χ1) is 10.6. The van der Waals surface area contributed by atoms with Crippen LogP contribution in [0, 0.1) is 0 Å². The highest BCUT2D eigenvalue weighted by Crippen LogP contribution is 2.39. The molecule has 1 aliphatic carbocycles. The van der Waals surface area contributed by atoms with Crippen molar-refractivity contribution in [1.29, 1.82) is 0 Å². The summed E-state index contributed by atoms with van der Waals surface area (Å²) in [7, 11) is 0. The maximum Gasteiger partial charge on any atom is 0.319 e. The van der Waals surface area contributed by atoms with Gasteiger partial charge in [0.15, 0.2) is 5.16 Å². The number of hydrogen-bond donors (Lipinski definition) is 1. The quantitative estimate of drug-likeness (QED) is 0.671. The lowest BCUT2D eigenvalue weighted by Gasteiger charge is -2.11. The first kappa shape index (κ1) is 14.3. The summed E-state index contributed by atoms with van der Waals surface area (Å²) in [6, 6.07) is 0. The number of hydrogen-bond acceptors (Lipinski definition) is 7. The van der Waals surface area contributed by atoms with Gasteiger partial charge in [0.2, 0.25) is 0 Å². The number of thiophene rings is 1. The number of nitrogens with zero attached hydrogens (tertiary/aromatic N) is 2.